The van der Waals surface area contributed by atoms with E-state index in [0.29, 0.717) is 27.1 Å². The van der Waals surface area contributed by atoms with Gasteiger partial charge in [0.05, 0.1) is 16.6 Å². The monoisotopic (exact) mass is 461 g/mol. The van der Waals surface area contributed by atoms with Gasteiger partial charge in [-0.15, -0.1) is 0 Å². The minimum Gasteiger partial charge on any atom is -0.545 e. The summed E-state index contributed by atoms with van der Waals surface area (Å²) >= 11 is 1.23. The van der Waals surface area contributed by atoms with E-state index >= 15 is 0 Å². The third-order valence-corrected chi connectivity index (χ3v) is 5.92. The number of benzene rings is 3. The molecular formula is C25H18FN2O4S-. The average Bonchev–Trinajstić information content (AvgIpc) is 3.07. The van der Waals surface area contributed by atoms with Crippen LogP contribution >= 0.6 is 11.8 Å². The highest BCUT2D eigenvalue weighted by molar-refractivity contribution is 8.18. The number of carbonyl (C=O) groups is 2. The molecule has 0 spiro atoms. The lowest BCUT2D eigenvalue weighted by molar-refractivity contribution is -0.255. The molecule has 0 saturated carbocycles. The van der Waals surface area contributed by atoms with Crippen molar-refractivity contribution in [2.45, 2.75) is 6.61 Å². The quantitative estimate of drug-likeness (QED) is 0.518. The standard InChI is InChI=1S/C25H19FN2O4S/c1-28-23(29)22(33-25(28)27-19-10-8-17(9-11-19)24(30)31)14-16-6-12-20(13-7-16)32-15-18-4-2-3-5-21(18)26/h2-14H,15H2,1H3,(H,30,31)/p-1. The van der Waals surface area contributed by atoms with Gasteiger partial charge in [-0.25, -0.2) is 9.38 Å². The van der Waals surface area contributed by atoms with Gasteiger partial charge in [0.1, 0.15) is 18.2 Å². The Morgan fingerprint density at radius 1 is 1.09 bits per heavy atom. The molecular weight excluding hydrogens is 443 g/mol. The van der Waals surface area contributed by atoms with E-state index in [1.165, 1.54) is 34.9 Å². The largest absolute Gasteiger partial charge is 0.545 e. The van der Waals surface area contributed by atoms with E-state index in [1.54, 1.807) is 55.6 Å². The predicted octanol–water partition coefficient (Wildman–Crippen LogP) is 4.00. The van der Waals surface area contributed by atoms with E-state index in [0.717, 1.165) is 5.56 Å². The van der Waals surface area contributed by atoms with Gasteiger partial charge in [-0.05, 0) is 59.3 Å². The lowest BCUT2D eigenvalue weighted by atomic mass is 10.2. The molecule has 0 aromatic heterocycles. The van der Waals surface area contributed by atoms with Gasteiger partial charge in [0.15, 0.2) is 5.17 Å². The summed E-state index contributed by atoms with van der Waals surface area (Å²) < 4.78 is 19.4. The first-order valence-corrected chi connectivity index (χ1v) is 10.8. The Bertz CT molecular complexity index is 1250. The Kier molecular flexibility index (Phi) is 6.55. The number of likely N-dealkylation sites (N-methyl/N-ethyl adjacent to an activating group) is 1. The second kappa shape index (κ2) is 9.70. The number of ether oxygens (including phenoxy) is 1. The molecule has 3 aromatic carbocycles. The highest BCUT2D eigenvalue weighted by Gasteiger charge is 2.30. The number of amidine groups is 1. The first kappa shape index (κ1) is 22.3. The fourth-order valence-corrected chi connectivity index (χ4v) is 4.01. The number of thioether (sulfide) groups is 1. The van der Waals surface area contributed by atoms with E-state index in [-0.39, 0.29) is 23.9 Å². The van der Waals surface area contributed by atoms with Crippen molar-refractivity contribution in [3.63, 3.8) is 0 Å². The van der Waals surface area contributed by atoms with E-state index in [1.807, 2.05) is 12.1 Å². The summed E-state index contributed by atoms with van der Waals surface area (Å²) in [4.78, 5) is 29.9. The van der Waals surface area contributed by atoms with Gasteiger partial charge in [-0.3, -0.25) is 9.69 Å². The maximum Gasteiger partial charge on any atom is 0.266 e. The van der Waals surface area contributed by atoms with Crippen molar-refractivity contribution >= 4 is 40.6 Å². The number of carboxylic acids is 1. The summed E-state index contributed by atoms with van der Waals surface area (Å²) in [6, 6.07) is 19.5. The number of nitrogens with zero attached hydrogens (tertiary/aromatic N) is 2. The summed E-state index contributed by atoms with van der Waals surface area (Å²) in [6.07, 6.45) is 1.76. The highest BCUT2D eigenvalue weighted by atomic mass is 32.2. The van der Waals surface area contributed by atoms with Crippen molar-refractivity contribution in [2.75, 3.05) is 7.05 Å². The van der Waals surface area contributed by atoms with E-state index in [9.17, 15) is 19.1 Å². The Morgan fingerprint density at radius 2 is 1.79 bits per heavy atom. The zero-order valence-corrected chi connectivity index (χ0v) is 18.3. The zero-order valence-electron chi connectivity index (χ0n) is 17.5. The molecule has 1 fully saturated rings. The first-order valence-electron chi connectivity index (χ1n) is 9.95. The third-order valence-electron chi connectivity index (χ3n) is 4.86. The van der Waals surface area contributed by atoms with Crippen LogP contribution in [0.5, 0.6) is 5.75 Å². The van der Waals surface area contributed by atoms with Gasteiger partial charge < -0.3 is 14.6 Å². The summed E-state index contributed by atoms with van der Waals surface area (Å²) in [7, 11) is 1.63. The van der Waals surface area contributed by atoms with Crippen LogP contribution in [0.2, 0.25) is 0 Å². The number of aromatic carboxylic acids is 1. The van der Waals surface area contributed by atoms with Crippen LogP contribution in [0.25, 0.3) is 6.08 Å². The number of carbonyl (C=O) groups excluding carboxylic acids is 2. The van der Waals surface area contributed by atoms with Crippen LogP contribution in [0, 0.1) is 5.82 Å². The van der Waals surface area contributed by atoms with Crippen LogP contribution in [0.3, 0.4) is 0 Å². The number of rotatable bonds is 6. The van der Waals surface area contributed by atoms with E-state index < -0.39 is 5.97 Å². The molecule has 0 bridgehead atoms. The minimum absolute atomic E-state index is 0.0596. The maximum atomic E-state index is 13.7. The van der Waals surface area contributed by atoms with Crippen LogP contribution in [0.4, 0.5) is 10.1 Å². The number of hydrogen-bond donors (Lipinski definition) is 0. The van der Waals surface area contributed by atoms with Crippen LogP contribution in [-0.2, 0) is 11.4 Å². The summed E-state index contributed by atoms with van der Waals surface area (Å²) in [5.74, 6) is -1.17. The van der Waals surface area contributed by atoms with Crippen molar-refractivity contribution in [3.8, 4) is 5.75 Å². The smallest absolute Gasteiger partial charge is 0.266 e. The van der Waals surface area contributed by atoms with Crippen LogP contribution < -0.4 is 9.84 Å². The number of amides is 1. The Hall–Kier alpha value is -3.91. The molecule has 6 nitrogen and oxygen atoms in total. The number of carboxylic acid groups (broad SMARTS) is 1. The molecule has 166 valence electrons. The fraction of sp³-hybridized carbons (Fsp3) is 0.0800. The molecule has 0 radical (unpaired) electrons. The van der Waals surface area contributed by atoms with Crippen molar-refractivity contribution in [3.05, 3.63) is 100 Å². The molecule has 3 aromatic rings. The summed E-state index contributed by atoms with van der Waals surface area (Å²) in [5.41, 5.74) is 1.86. The molecule has 1 aliphatic rings. The Morgan fingerprint density at radius 3 is 2.45 bits per heavy atom. The predicted molar refractivity (Wildman–Crippen MR) is 123 cm³/mol. The molecule has 1 amide bonds. The van der Waals surface area contributed by atoms with E-state index in [2.05, 4.69) is 4.99 Å². The maximum absolute atomic E-state index is 13.7. The topological polar surface area (TPSA) is 82.0 Å². The Balaban J connectivity index is 1.44. The van der Waals surface area contributed by atoms with Gasteiger partial charge in [0.2, 0.25) is 0 Å². The molecule has 1 saturated heterocycles. The number of aliphatic imine (C=N–C) groups is 1. The van der Waals surface area contributed by atoms with Gasteiger partial charge in [0.25, 0.3) is 5.91 Å². The summed E-state index contributed by atoms with van der Waals surface area (Å²) in [5, 5.41) is 11.4. The lowest BCUT2D eigenvalue weighted by Gasteiger charge is -2.08. The van der Waals surface area contributed by atoms with Crippen molar-refractivity contribution in [2.24, 2.45) is 4.99 Å². The third kappa shape index (κ3) is 5.30. The van der Waals surface area contributed by atoms with Crippen LogP contribution in [-0.4, -0.2) is 29.0 Å². The average molecular weight is 461 g/mol. The first-order chi connectivity index (χ1) is 15.9. The number of hydrogen-bond acceptors (Lipinski definition) is 6. The minimum atomic E-state index is -1.26. The molecule has 1 heterocycles. The number of halogens is 1. The molecule has 0 unspecified atom stereocenters. The lowest BCUT2D eigenvalue weighted by Crippen LogP contribution is -2.23. The van der Waals surface area contributed by atoms with Crippen LogP contribution in [0.1, 0.15) is 21.5 Å². The van der Waals surface area contributed by atoms with Crippen LogP contribution in [0.15, 0.2) is 82.7 Å². The zero-order chi connectivity index (χ0) is 23.4. The SMILES string of the molecule is CN1C(=O)C(=Cc2ccc(OCc3ccccc3F)cc2)SC1=Nc1ccc(C(=O)[O-])cc1. The second-order valence-corrected chi connectivity index (χ2v) is 8.16. The molecule has 0 atom stereocenters. The fourth-order valence-electron chi connectivity index (χ4n) is 3.02. The molecule has 1 aliphatic heterocycles. The molecule has 4 rings (SSSR count). The molecule has 8 heteroatoms. The molecule has 0 aliphatic carbocycles. The van der Waals surface area contributed by atoms with Crippen molar-refractivity contribution < 1.29 is 23.8 Å². The van der Waals surface area contributed by atoms with Gasteiger partial charge in [0, 0.05) is 12.6 Å². The Labute approximate surface area is 194 Å². The summed E-state index contributed by atoms with van der Waals surface area (Å²) in [6.45, 7) is 0.121. The van der Waals surface area contributed by atoms with E-state index in [4.69, 9.17) is 4.74 Å². The van der Waals surface area contributed by atoms with Gasteiger partial charge >= 0.3 is 0 Å². The van der Waals surface area contributed by atoms with Crippen molar-refractivity contribution in [1.29, 1.82) is 0 Å². The highest BCUT2D eigenvalue weighted by Crippen LogP contribution is 2.33. The van der Waals surface area contributed by atoms with Crippen molar-refractivity contribution in [1.82, 2.24) is 4.90 Å². The van der Waals surface area contributed by atoms with Gasteiger partial charge in [-0.1, -0.05) is 42.5 Å². The molecule has 33 heavy (non-hydrogen) atoms. The second-order valence-electron chi connectivity index (χ2n) is 7.15. The van der Waals surface area contributed by atoms with Gasteiger partial charge in [-0.2, -0.15) is 0 Å². The molecule has 0 N–H and O–H groups in total. The normalized spacial score (nSPS) is 15.9.